The van der Waals surface area contributed by atoms with E-state index in [2.05, 4.69) is 10.6 Å². The lowest BCUT2D eigenvalue weighted by molar-refractivity contribution is 0.0954. The largest absolute Gasteiger partial charge is 0.504 e. The third-order valence-electron chi connectivity index (χ3n) is 6.03. The highest BCUT2D eigenvalue weighted by Crippen LogP contribution is 2.33. The van der Waals surface area contributed by atoms with Crippen molar-refractivity contribution >= 4 is 17.5 Å². The molecule has 35 heavy (non-hydrogen) atoms. The number of hydrogen-bond donors (Lipinski definition) is 5. The predicted octanol–water partition coefficient (Wildman–Crippen LogP) is 4.68. The SMILES string of the molecule is Cc1c([C@@H](O)CNC(C)(C)Cc2cccc(C(=O)NCCc3ccc(Cl)cc3)c2)ccc(O)c1O. The van der Waals surface area contributed by atoms with Gasteiger partial charge in [-0.1, -0.05) is 41.9 Å². The average molecular weight is 497 g/mol. The van der Waals surface area contributed by atoms with Gasteiger partial charge in [-0.25, -0.2) is 0 Å². The zero-order valence-electron chi connectivity index (χ0n) is 20.3. The van der Waals surface area contributed by atoms with Crippen molar-refractivity contribution in [1.29, 1.82) is 0 Å². The van der Waals surface area contributed by atoms with E-state index in [9.17, 15) is 20.1 Å². The van der Waals surface area contributed by atoms with Crippen LogP contribution >= 0.6 is 11.6 Å². The molecular weight excluding hydrogens is 464 g/mol. The van der Waals surface area contributed by atoms with Gasteiger partial charge < -0.3 is 26.0 Å². The number of aliphatic hydroxyl groups is 1. The number of aromatic hydroxyl groups is 2. The Hall–Kier alpha value is -3.06. The smallest absolute Gasteiger partial charge is 0.251 e. The van der Waals surface area contributed by atoms with E-state index in [0.717, 1.165) is 17.5 Å². The molecule has 0 fully saturated rings. The van der Waals surface area contributed by atoms with Crippen molar-refractivity contribution < 1.29 is 20.1 Å². The Morgan fingerprint density at radius 2 is 1.74 bits per heavy atom. The Bertz CT molecular complexity index is 1160. The van der Waals surface area contributed by atoms with Crippen molar-refractivity contribution in [3.63, 3.8) is 0 Å². The highest BCUT2D eigenvalue weighted by molar-refractivity contribution is 6.30. The second-order valence-electron chi connectivity index (χ2n) is 9.44. The molecule has 1 atom stereocenters. The third kappa shape index (κ3) is 7.46. The minimum Gasteiger partial charge on any atom is -0.504 e. The van der Waals surface area contributed by atoms with Crippen molar-refractivity contribution in [3.8, 4) is 11.5 Å². The van der Waals surface area contributed by atoms with Crippen LogP contribution < -0.4 is 10.6 Å². The lowest BCUT2D eigenvalue weighted by Crippen LogP contribution is -2.43. The summed E-state index contributed by atoms with van der Waals surface area (Å²) in [6.45, 7) is 6.51. The molecule has 186 valence electrons. The zero-order chi connectivity index (χ0) is 25.6. The van der Waals surface area contributed by atoms with Crippen LogP contribution in [0.15, 0.2) is 60.7 Å². The number of carbonyl (C=O) groups is 1. The number of rotatable bonds is 10. The van der Waals surface area contributed by atoms with Gasteiger partial charge in [-0.3, -0.25) is 4.79 Å². The molecule has 3 rings (SSSR count). The summed E-state index contributed by atoms with van der Waals surface area (Å²) in [5.41, 5.74) is 3.35. The summed E-state index contributed by atoms with van der Waals surface area (Å²) in [7, 11) is 0. The Labute approximate surface area is 211 Å². The molecule has 0 heterocycles. The average Bonchev–Trinajstić information content (AvgIpc) is 2.82. The Morgan fingerprint density at radius 1 is 1.03 bits per heavy atom. The van der Waals surface area contributed by atoms with Crippen molar-refractivity contribution in [3.05, 3.63) is 93.5 Å². The highest BCUT2D eigenvalue weighted by Gasteiger charge is 2.22. The third-order valence-corrected chi connectivity index (χ3v) is 6.28. The van der Waals surface area contributed by atoms with Gasteiger partial charge in [0.15, 0.2) is 11.5 Å². The summed E-state index contributed by atoms with van der Waals surface area (Å²) in [4.78, 5) is 12.6. The molecule has 0 aliphatic rings. The molecule has 0 radical (unpaired) electrons. The molecule has 3 aromatic carbocycles. The molecule has 6 nitrogen and oxygen atoms in total. The fourth-order valence-corrected chi connectivity index (χ4v) is 4.14. The van der Waals surface area contributed by atoms with Crippen molar-refractivity contribution in [1.82, 2.24) is 10.6 Å². The number of amides is 1. The minimum atomic E-state index is -0.849. The van der Waals surface area contributed by atoms with Crippen molar-refractivity contribution in [2.75, 3.05) is 13.1 Å². The Kier molecular flexibility index (Phi) is 8.78. The molecule has 0 aliphatic heterocycles. The van der Waals surface area contributed by atoms with E-state index < -0.39 is 6.10 Å². The van der Waals surface area contributed by atoms with Gasteiger partial charge in [-0.2, -0.15) is 0 Å². The van der Waals surface area contributed by atoms with Crippen LogP contribution in [0, 0.1) is 6.92 Å². The molecule has 0 bridgehead atoms. The summed E-state index contributed by atoms with van der Waals surface area (Å²) in [5.74, 6) is -0.547. The summed E-state index contributed by atoms with van der Waals surface area (Å²) >= 11 is 5.91. The highest BCUT2D eigenvalue weighted by atomic mass is 35.5. The number of hydrogen-bond acceptors (Lipinski definition) is 5. The first kappa shape index (κ1) is 26.5. The van der Waals surface area contributed by atoms with Crippen LogP contribution in [0.2, 0.25) is 5.02 Å². The lowest BCUT2D eigenvalue weighted by atomic mass is 9.93. The van der Waals surface area contributed by atoms with Crippen LogP contribution in [-0.4, -0.2) is 39.9 Å². The Balaban J connectivity index is 1.55. The molecule has 0 aromatic heterocycles. The number of carbonyl (C=O) groups excluding carboxylic acids is 1. The number of β-amino-alcohol motifs (C(OH)–C–C–N with tert-alkyl or cyclic N) is 1. The fourth-order valence-electron chi connectivity index (χ4n) is 4.01. The fraction of sp³-hybridized carbons (Fsp3) is 0.321. The van der Waals surface area contributed by atoms with E-state index in [-0.39, 0.29) is 29.5 Å². The monoisotopic (exact) mass is 496 g/mol. The maximum absolute atomic E-state index is 12.6. The molecule has 7 heteroatoms. The van der Waals surface area contributed by atoms with Gasteiger partial charge in [0.25, 0.3) is 5.91 Å². The predicted molar refractivity (Wildman–Crippen MR) is 139 cm³/mol. The van der Waals surface area contributed by atoms with Gasteiger partial charge in [0.2, 0.25) is 0 Å². The van der Waals surface area contributed by atoms with Crippen molar-refractivity contribution in [2.24, 2.45) is 0 Å². The minimum absolute atomic E-state index is 0.121. The maximum atomic E-state index is 12.6. The summed E-state index contributed by atoms with van der Waals surface area (Å²) in [6.07, 6.45) is 0.518. The van der Waals surface area contributed by atoms with Gasteiger partial charge in [0, 0.05) is 34.8 Å². The van der Waals surface area contributed by atoms with Gasteiger partial charge in [-0.05, 0) is 80.6 Å². The first-order valence-electron chi connectivity index (χ1n) is 11.6. The normalized spacial score (nSPS) is 12.4. The first-order valence-corrected chi connectivity index (χ1v) is 12.0. The molecular formula is C28H33ClN2O4. The quantitative estimate of drug-likeness (QED) is 0.262. The molecule has 1 amide bonds. The van der Waals surface area contributed by atoms with Gasteiger partial charge >= 0.3 is 0 Å². The van der Waals surface area contributed by atoms with Crippen LogP contribution in [0.5, 0.6) is 11.5 Å². The number of halogens is 1. The molecule has 0 saturated heterocycles. The number of nitrogens with one attached hydrogen (secondary N) is 2. The number of aliphatic hydroxyl groups excluding tert-OH is 1. The van der Waals surface area contributed by atoms with Gasteiger partial charge in [0.1, 0.15) is 0 Å². The number of phenolic OH excluding ortho intramolecular Hbond substituents is 2. The van der Waals surface area contributed by atoms with E-state index in [1.165, 1.54) is 6.07 Å². The second kappa shape index (κ2) is 11.6. The van der Waals surface area contributed by atoms with E-state index >= 15 is 0 Å². The maximum Gasteiger partial charge on any atom is 0.251 e. The van der Waals surface area contributed by atoms with E-state index in [4.69, 9.17) is 11.6 Å². The molecule has 5 N–H and O–H groups in total. The number of benzene rings is 3. The van der Waals surface area contributed by atoms with Crippen LogP contribution in [-0.2, 0) is 12.8 Å². The van der Waals surface area contributed by atoms with Crippen molar-refractivity contribution in [2.45, 2.75) is 45.3 Å². The van der Waals surface area contributed by atoms with E-state index in [1.54, 1.807) is 19.1 Å². The zero-order valence-corrected chi connectivity index (χ0v) is 21.1. The van der Waals surface area contributed by atoms with E-state index in [1.807, 2.05) is 56.3 Å². The molecule has 0 aliphatic carbocycles. The standard InChI is InChI=1S/C28H33ClN2O4/c1-18-23(11-12-24(32)26(18)34)25(33)17-31-28(2,3)16-20-5-4-6-21(15-20)27(35)30-14-13-19-7-9-22(29)10-8-19/h4-12,15,25,31-34H,13-14,16-17H2,1-3H3,(H,30,35)/t25-/m0/s1. The summed E-state index contributed by atoms with van der Waals surface area (Å²) < 4.78 is 0. The van der Waals surface area contributed by atoms with Crippen LogP contribution in [0.4, 0.5) is 0 Å². The molecule has 0 unspecified atom stereocenters. The lowest BCUT2D eigenvalue weighted by Gasteiger charge is -2.28. The van der Waals surface area contributed by atoms with Crippen LogP contribution in [0.25, 0.3) is 0 Å². The second-order valence-corrected chi connectivity index (χ2v) is 9.87. The Morgan fingerprint density at radius 3 is 2.46 bits per heavy atom. The topological polar surface area (TPSA) is 102 Å². The molecule has 0 saturated carbocycles. The summed E-state index contributed by atoms with van der Waals surface area (Å²) in [5, 5.41) is 37.2. The van der Waals surface area contributed by atoms with E-state index in [0.29, 0.717) is 34.7 Å². The molecule has 3 aromatic rings. The van der Waals surface area contributed by atoms with Gasteiger partial charge in [0.05, 0.1) is 6.10 Å². The van der Waals surface area contributed by atoms with Crippen LogP contribution in [0.1, 0.15) is 52.6 Å². The van der Waals surface area contributed by atoms with Crippen LogP contribution in [0.3, 0.4) is 0 Å². The van der Waals surface area contributed by atoms with Gasteiger partial charge in [-0.15, -0.1) is 0 Å². The first-order chi connectivity index (χ1) is 16.6. The number of phenols is 2. The summed E-state index contributed by atoms with van der Waals surface area (Å²) in [6, 6.07) is 18.1. The molecule has 0 spiro atoms.